The number of amides is 1. The first kappa shape index (κ1) is 10.8. The molecule has 1 rings (SSSR count). The van der Waals surface area contributed by atoms with E-state index in [1.165, 1.54) is 0 Å². The van der Waals surface area contributed by atoms with E-state index in [0.29, 0.717) is 18.2 Å². The van der Waals surface area contributed by atoms with E-state index in [4.69, 9.17) is 4.42 Å². The van der Waals surface area contributed by atoms with Crippen LogP contribution in [0.3, 0.4) is 0 Å². The highest BCUT2D eigenvalue weighted by Crippen LogP contribution is 2.06. The Bertz CT molecular complexity index is 302. The van der Waals surface area contributed by atoms with Crippen LogP contribution in [0.1, 0.15) is 36.6 Å². The van der Waals surface area contributed by atoms with Gasteiger partial charge >= 0.3 is 0 Å². The first-order valence-corrected chi connectivity index (χ1v) is 4.94. The molecule has 0 aromatic carbocycles. The average Bonchev–Trinajstić information content (AvgIpc) is 2.51. The monoisotopic (exact) mass is 195 g/mol. The molecule has 1 aromatic rings. The minimum Gasteiger partial charge on any atom is -0.456 e. The summed E-state index contributed by atoms with van der Waals surface area (Å²) in [7, 11) is 0. The Kier molecular flexibility index (Phi) is 3.74. The normalized spacial score (nSPS) is 10.6. The smallest absolute Gasteiger partial charge is 0.286 e. The van der Waals surface area contributed by atoms with Gasteiger partial charge in [-0.25, -0.2) is 0 Å². The van der Waals surface area contributed by atoms with Crippen LogP contribution in [0.15, 0.2) is 16.5 Å². The molecule has 3 heteroatoms. The van der Waals surface area contributed by atoms with Crippen molar-refractivity contribution in [2.24, 2.45) is 5.92 Å². The molecule has 3 nitrogen and oxygen atoms in total. The molecule has 1 heterocycles. The molecule has 0 spiro atoms. The molecule has 0 saturated heterocycles. The van der Waals surface area contributed by atoms with Gasteiger partial charge in [0.1, 0.15) is 5.76 Å². The SMILES string of the molecule is Cc1ccc(C(=O)NCCC(C)C)o1. The Labute approximate surface area is 84.5 Å². The second kappa shape index (κ2) is 4.84. The van der Waals surface area contributed by atoms with Crippen LogP contribution in [0, 0.1) is 12.8 Å². The predicted molar refractivity (Wildman–Crippen MR) is 55.2 cm³/mol. The maximum atomic E-state index is 11.4. The lowest BCUT2D eigenvalue weighted by Crippen LogP contribution is -2.24. The second-order valence-electron chi connectivity index (χ2n) is 3.85. The Balaban J connectivity index is 2.36. The Morgan fingerprint density at radius 2 is 2.21 bits per heavy atom. The Morgan fingerprint density at radius 1 is 1.50 bits per heavy atom. The molecule has 0 unspecified atom stereocenters. The van der Waals surface area contributed by atoms with E-state index in [0.717, 1.165) is 12.2 Å². The summed E-state index contributed by atoms with van der Waals surface area (Å²) in [6, 6.07) is 3.48. The summed E-state index contributed by atoms with van der Waals surface area (Å²) in [6.45, 7) is 6.79. The molecule has 78 valence electrons. The zero-order chi connectivity index (χ0) is 10.6. The predicted octanol–water partition coefficient (Wildman–Crippen LogP) is 2.36. The maximum Gasteiger partial charge on any atom is 0.286 e. The van der Waals surface area contributed by atoms with Crippen molar-refractivity contribution < 1.29 is 9.21 Å². The number of aryl methyl sites for hydroxylation is 1. The average molecular weight is 195 g/mol. The zero-order valence-electron chi connectivity index (χ0n) is 8.96. The van der Waals surface area contributed by atoms with Crippen molar-refractivity contribution >= 4 is 5.91 Å². The number of hydrogen-bond donors (Lipinski definition) is 1. The van der Waals surface area contributed by atoms with E-state index < -0.39 is 0 Å². The van der Waals surface area contributed by atoms with Gasteiger partial charge in [0, 0.05) is 6.54 Å². The van der Waals surface area contributed by atoms with E-state index >= 15 is 0 Å². The number of carbonyl (C=O) groups excluding carboxylic acids is 1. The number of furan rings is 1. The lowest BCUT2D eigenvalue weighted by molar-refractivity contribution is 0.0923. The quantitative estimate of drug-likeness (QED) is 0.801. The first-order valence-electron chi connectivity index (χ1n) is 4.94. The molecule has 0 saturated carbocycles. The van der Waals surface area contributed by atoms with Crippen molar-refractivity contribution in [2.75, 3.05) is 6.54 Å². The van der Waals surface area contributed by atoms with Crippen LogP contribution in [-0.2, 0) is 0 Å². The van der Waals surface area contributed by atoms with E-state index in [1.54, 1.807) is 12.1 Å². The molecule has 0 radical (unpaired) electrons. The van der Waals surface area contributed by atoms with Crippen molar-refractivity contribution in [1.29, 1.82) is 0 Å². The van der Waals surface area contributed by atoms with Gasteiger partial charge in [0.15, 0.2) is 5.76 Å². The number of nitrogens with one attached hydrogen (secondary N) is 1. The van der Waals surface area contributed by atoms with Crippen LogP contribution in [0.2, 0.25) is 0 Å². The van der Waals surface area contributed by atoms with E-state index in [2.05, 4.69) is 19.2 Å². The van der Waals surface area contributed by atoms with E-state index in [9.17, 15) is 4.79 Å². The molecule has 14 heavy (non-hydrogen) atoms. The standard InChI is InChI=1S/C11H17NO2/c1-8(2)6-7-12-11(13)10-5-4-9(3)14-10/h4-5,8H,6-7H2,1-3H3,(H,12,13). The molecule has 0 atom stereocenters. The highest BCUT2D eigenvalue weighted by Gasteiger charge is 2.08. The summed E-state index contributed by atoms with van der Waals surface area (Å²) in [5.74, 6) is 1.64. The lowest BCUT2D eigenvalue weighted by Gasteiger charge is -2.05. The van der Waals surface area contributed by atoms with Crippen LogP contribution in [0.4, 0.5) is 0 Å². The molecule has 1 aromatic heterocycles. The van der Waals surface area contributed by atoms with Gasteiger partial charge in [-0.1, -0.05) is 13.8 Å². The fourth-order valence-corrected chi connectivity index (χ4v) is 1.12. The molecular weight excluding hydrogens is 178 g/mol. The number of rotatable bonds is 4. The second-order valence-corrected chi connectivity index (χ2v) is 3.85. The number of carbonyl (C=O) groups is 1. The van der Waals surface area contributed by atoms with Crippen molar-refractivity contribution in [1.82, 2.24) is 5.32 Å². The van der Waals surface area contributed by atoms with Gasteiger partial charge < -0.3 is 9.73 Å². The fourth-order valence-electron chi connectivity index (χ4n) is 1.12. The van der Waals surface area contributed by atoms with E-state index in [-0.39, 0.29) is 5.91 Å². The van der Waals surface area contributed by atoms with Gasteiger partial charge in [-0.2, -0.15) is 0 Å². The first-order chi connectivity index (χ1) is 6.59. The van der Waals surface area contributed by atoms with Crippen LogP contribution >= 0.6 is 0 Å². The van der Waals surface area contributed by atoms with Crippen molar-refractivity contribution in [3.63, 3.8) is 0 Å². The molecule has 0 aliphatic heterocycles. The molecular formula is C11H17NO2. The van der Waals surface area contributed by atoms with E-state index in [1.807, 2.05) is 6.92 Å². The molecule has 0 bridgehead atoms. The molecule has 0 aliphatic rings. The van der Waals surface area contributed by atoms with Gasteiger partial charge in [-0.3, -0.25) is 4.79 Å². The van der Waals surface area contributed by atoms with Crippen LogP contribution in [-0.4, -0.2) is 12.5 Å². The van der Waals surface area contributed by atoms with Gasteiger partial charge in [0.25, 0.3) is 5.91 Å². The molecule has 0 aliphatic carbocycles. The molecule has 1 N–H and O–H groups in total. The largest absolute Gasteiger partial charge is 0.456 e. The highest BCUT2D eigenvalue weighted by atomic mass is 16.3. The number of hydrogen-bond acceptors (Lipinski definition) is 2. The third kappa shape index (κ3) is 3.24. The maximum absolute atomic E-state index is 11.4. The topological polar surface area (TPSA) is 42.2 Å². The van der Waals surface area contributed by atoms with Crippen LogP contribution in [0.25, 0.3) is 0 Å². The minimum atomic E-state index is -0.126. The van der Waals surface area contributed by atoms with Crippen molar-refractivity contribution in [2.45, 2.75) is 27.2 Å². The van der Waals surface area contributed by atoms with Gasteiger partial charge in [-0.05, 0) is 31.4 Å². The third-order valence-corrected chi connectivity index (χ3v) is 1.97. The van der Waals surface area contributed by atoms with Crippen molar-refractivity contribution in [3.05, 3.63) is 23.7 Å². The van der Waals surface area contributed by atoms with Gasteiger partial charge in [0.2, 0.25) is 0 Å². The summed E-state index contributed by atoms with van der Waals surface area (Å²) in [5, 5.41) is 2.81. The summed E-state index contributed by atoms with van der Waals surface area (Å²) in [4.78, 5) is 11.4. The van der Waals surface area contributed by atoms with Gasteiger partial charge in [0.05, 0.1) is 0 Å². The summed E-state index contributed by atoms with van der Waals surface area (Å²) in [6.07, 6.45) is 0.991. The Morgan fingerprint density at radius 3 is 2.71 bits per heavy atom. The minimum absolute atomic E-state index is 0.126. The summed E-state index contributed by atoms with van der Waals surface area (Å²) in [5.41, 5.74) is 0. The highest BCUT2D eigenvalue weighted by molar-refractivity contribution is 5.91. The summed E-state index contributed by atoms with van der Waals surface area (Å²) >= 11 is 0. The van der Waals surface area contributed by atoms with Crippen molar-refractivity contribution in [3.8, 4) is 0 Å². The molecule has 1 amide bonds. The van der Waals surface area contributed by atoms with Crippen LogP contribution in [0.5, 0.6) is 0 Å². The zero-order valence-corrected chi connectivity index (χ0v) is 8.96. The molecule has 0 fully saturated rings. The van der Waals surface area contributed by atoms with Crippen LogP contribution < -0.4 is 5.32 Å². The third-order valence-electron chi connectivity index (χ3n) is 1.97. The van der Waals surface area contributed by atoms with Gasteiger partial charge in [-0.15, -0.1) is 0 Å². The summed E-state index contributed by atoms with van der Waals surface area (Å²) < 4.78 is 5.19. The Hall–Kier alpha value is -1.25. The lowest BCUT2D eigenvalue weighted by atomic mass is 10.1. The fraction of sp³-hybridized carbons (Fsp3) is 0.545.